The Morgan fingerprint density at radius 3 is 2.35 bits per heavy atom. The number of hydrogen-bond acceptors (Lipinski definition) is 3. The van der Waals surface area contributed by atoms with E-state index in [0.717, 1.165) is 16.8 Å². The van der Waals surface area contributed by atoms with Crippen LogP contribution in [0.1, 0.15) is 5.69 Å². The number of urea groups is 1. The molecular weight excluding hydrogens is 333 g/mol. The van der Waals surface area contributed by atoms with Gasteiger partial charge in [-0.3, -0.25) is 4.98 Å². The van der Waals surface area contributed by atoms with E-state index in [0.29, 0.717) is 11.4 Å². The molecule has 0 radical (unpaired) electrons. The molecule has 3 aromatic rings. The lowest BCUT2D eigenvalue weighted by Crippen LogP contribution is -2.19. The number of rotatable bonds is 4. The number of hydrogen-bond donors (Lipinski definition) is 2. The van der Waals surface area contributed by atoms with Crippen LogP contribution >= 0.6 is 0 Å². The number of carbonyl (C=O) groups is 1. The van der Waals surface area contributed by atoms with Gasteiger partial charge >= 0.3 is 6.03 Å². The second kappa shape index (κ2) is 7.65. The summed E-state index contributed by atoms with van der Waals surface area (Å²) in [5.41, 5.74) is 4.12. The van der Waals surface area contributed by atoms with Crippen LogP contribution in [-0.2, 0) is 0 Å². The van der Waals surface area contributed by atoms with Crippen LogP contribution in [0.5, 0.6) is 5.75 Å². The first kappa shape index (κ1) is 17.4. The molecule has 2 aromatic carbocycles. The molecule has 26 heavy (non-hydrogen) atoms. The molecule has 1 aromatic heterocycles. The summed E-state index contributed by atoms with van der Waals surface area (Å²) in [5, 5.41) is 5.38. The van der Waals surface area contributed by atoms with Crippen molar-refractivity contribution in [1.82, 2.24) is 4.98 Å². The number of nitrogens with one attached hydrogen (secondary N) is 2. The molecule has 0 saturated heterocycles. The summed E-state index contributed by atoms with van der Waals surface area (Å²) in [5.74, 6) is -0.416. The van der Waals surface area contributed by atoms with Gasteiger partial charge in [-0.05, 0) is 54.4 Å². The Morgan fingerprint density at radius 2 is 1.65 bits per heavy atom. The van der Waals surface area contributed by atoms with E-state index in [1.807, 2.05) is 43.3 Å². The van der Waals surface area contributed by atoms with Crippen LogP contribution in [0.25, 0.3) is 11.1 Å². The molecule has 2 amide bonds. The number of ether oxygens (including phenoxy) is 1. The topological polar surface area (TPSA) is 63.2 Å². The summed E-state index contributed by atoms with van der Waals surface area (Å²) < 4.78 is 18.3. The van der Waals surface area contributed by atoms with Crippen molar-refractivity contribution in [3.63, 3.8) is 0 Å². The first-order chi connectivity index (χ1) is 12.5. The SMILES string of the molecule is COc1cc(NC(=O)Nc2ccc(-c3ccnc(C)c3)cc2)ccc1F. The van der Waals surface area contributed by atoms with E-state index in [1.54, 1.807) is 6.20 Å². The Morgan fingerprint density at radius 1 is 0.962 bits per heavy atom. The largest absolute Gasteiger partial charge is 0.494 e. The van der Waals surface area contributed by atoms with E-state index in [4.69, 9.17) is 4.74 Å². The van der Waals surface area contributed by atoms with Crippen molar-refractivity contribution in [3.05, 3.63) is 72.3 Å². The number of carbonyl (C=O) groups excluding carboxylic acids is 1. The second-order valence-electron chi connectivity index (χ2n) is 5.69. The summed E-state index contributed by atoms with van der Waals surface area (Å²) in [7, 11) is 1.37. The maximum atomic E-state index is 13.4. The number of anilines is 2. The summed E-state index contributed by atoms with van der Waals surface area (Å²) in [4.78, 5) is 16.3. The van der Waals surface area contributed by atoms with E-state index in [9.17, 15) is 9.18 Å². The van der Waals surface area contributed by atoms with Gasteiger partial charge in [-0.2, -0.15) is 0 Å². The van der Waals surface area contributed by atoms with Crippen molar-refractivity contribution < 1.29 is 13.9 Å². The molecule has 2 N–H and O–H groups in total. The van der Waals surface area contributed by atoms with Gasteiger partial charge in [-0.1, -0.05) is 12.1 Å². The third kappa shape index (κ3) is 4.16. The quantitative estimate of drug-likeness (QED) is 0.706. The zero-order valence-corrected chi connectivity index (χ0v) is 14.4. The van der Waals surface area contributed by atoms with Crippen molar-refractivity contribution in [1.29, 1.82) is 0 Å². The molecule has 0 saturated carbocycles. The van der Waals surface area contributed by atoms with Gasteiger partial charge in [0.1, 0.15) is 0 Å². The van der Waals surface area contributed by atoms with Crippen molar-refractivity contribution in [2.75, 3.05) is 17.7 Å². The van der Waals surface area contributed by atoms with E-state index in [-0.39, 0.29) is 5.75 Å². The highest BCUT2D eigenvalue weighted by atomic mass is 19.1. The first-order valence-corrected chi connectivity index (χ1v) is 8.00. The molecule has 0 bridgehead atoms. The Kier molecular flexibility index (Phi) is 5.12. The zero-order chi connectivity index (χ0) is 18.5. The summed E-state index contributed by atoms with van der Waals surface area (Å²) in [6, 6.07) is 15.1. The van der Waals surface area contributed by atoms with Gasteiger partial charge in [-0.15, -0.1) is 0 Å². The molecular formula is C20H18FN3O2. The number of halogens is 1. The van der Waals surface area contributed by atoms with Crippen LogP contribution < -0.4 is 15.4 Å². The molecule has 0 unspecified atom stereocenters. The Bertz CT molecular complexity index is 927. The number of methoxy groups -OCH3 is 1. The zero-order valence-electron chi connectivity index (χ0n) is 14.4. The molecule has 0 atom stereocenters. The van der Waals surface area contributed by atoms with E-state index >= 15 is 0 Å². The first-order valence-electron chi connectivity index (χ1n) is 8.00. The average Bonchev–Trinajstić information content (AvgIpc) is 2.64. The molecule has 132 valence electrons. The average molecular weight is 351 g/mol. The number of pyridine rings is 1. The molecule has 6 heteroatoms. The number of aromatic nitrogens is 1. The van der Waals surface area contributed by atoms with Gasteiger partial charge in [0.25, 0.3) is 0 Å². The monoisotopic (exact) mass is 351 g/mol. The Labute approximate surface area is 150 Å². The number of aryl methyl sites for hydroxylation is 1. The van der Waals surface area contributed by atoms with Crippen molar-refractivity contribution in [2.45, 2.75) is 6.92 Å². The van der Waals surface area contributed by atoms with Crippen LogP contribution in [0.3, 0.4) is 0 Å². The highest BCUT2D eigenvalue weighted by Gasteiger charge is 2.07. The Balaban J connectivity index is 1.66. The van der Waals surface area contributed by atoms with E-state index < -0.39 is 11.8 Å². The second-order valence-corrected chi connectivity index (χ2v) is 5.69. The predicted molar refractivity (Wildman–Crippen MR) is 100 cm³/mol. The minimum Gasteiger partial charge on any atom is -0.494 e. The lowest BCUT2D eigenvalue weighted by Gasteiger charge is -2.10. The lowest BCUT2D eigenvalue weighted by molar-refractivity contribution is 0.262. The summed E-state index contributed by atoms with van der Waals surface area (Å²) in [6.45, 7) is 1.94. The van der Waals surface area contributed by atoms with Gasteiger partial charge in [0.15, 0.2) is 11.6 Å². The molecule has 0 aliphatic rings. The maximum absolute atomic E-state index is 13.4. The third-order valence-corrected chi connectivity index (χ3v) is 3.78. The standard InChI is InChI=1S/C20H18FN3O2/c1-13-11-15(9-10-22-13)14-3-5-16(6-4-14)23-20(25)24-17-7-8-18(21)19(12-17)26-2/h3-12H,1-2H3,(H2,23,24,25). The fourth-order valence-electron chi connectivity index (χ4n) is 2.50. The predicted octanol–water partition coefficient (Wildman–Crippen LogP) is 4.85. The van der Waals surface area contributed by atoms with Crippen molar-refractivity contribution in [2.24, 2.45) is 0 Å². The summed E-state index contributed by atoms with van der Waals surface area (Å²) >= 11 is 0. The van der Waals surface area contributed by atoms with Gasteiger partial charge in [0.05, 0.1) is 7.11 Å². The molecule has 0 spiro atoms. The van der Waals surface area contributed by atoms with Crippen LogP contribution in [0, 0.1) is 12.7 Å². The third-order valence-electron chi connectivity index (χ3n) is 3.78. The maximum Gasteiger partial charge on any atom is 0.323 e. The fourth-order valence-corrected chi connectivity index (χ4v) is 2.50. The van der Waals surface area contributed by atoms with Crippen LogP contribution in [0.4, 0.5) is 20.6 Å². The highest BCUT2D eigenvalue weighted by molar-refractivity contribution is 6.00. The number of amides is 2. The van der Waals surface area contributed by atoms with Gasteiger partial charge in [0, 0.05) is 29.3 Å². The van der Waals surface area contributed by atoms with Crippen molar-refractivity contribution in [3.8, 4) is 16.9 Å². The number of benzene rings is 2. The lowest BCUT2D eigenvalue weighted by atomic mass is 10.1. The smallest absolute Gasteiger partial charge is 0.323 e. The molecule has 0 fully saturated rings. The molecule has 5 nitrogen and oxygen atoms in total. The molecule has 3 rings (SSSR count). The van der Waals surface area contributed by atoms with E-state index in [2.05, 4.69) is 15.6 Å². The number of nitrogens with zero attached hydrogens (tertiary/aromatic N) is 1. The van der Waals surface area contributed by atoms with Crippen molar-refractivity contribution >= 4 is 17.4 Å². The minimum atomic E-state index is -0.486. The van der Waals surface area contributed by atoms with Crippen LogP contribution in [0.2, 0.25) is 0 Å². The molecule has 0 aliphatic heterocycles. The molecule has 1 heterocycles. The fraction of sp³-hybridized carbons (Fsp3) is 0.100. The van der Waals surface area contributed by atoms with E-state index in [1.165, 1.54) is 25.3 Å². The summed E-state index contributed by atoms with van der Waals surface area (Å²) in [6.07, 6.45) is 1.77. The minimum absolute atomic E-state index is 0.0693. The van der Waals surface area contributed by atoms with Gasteiger partial charge < -0.3 is 15.4 Å². The normalized spacial score (nSPS) is 10.3. The molecule has 0 aliphatic carbocycles. The van der Waals surface area contributed by atoms with Gasteiger partial charge in [0.2, 0.25) is 0 Å². The Hall–Kier alpha value is -3.41. The van der Waals surface area contributed by atoms with Crippen LogP contribution in [-0.4, -0.2) is 18.1 Å². The van der Waals surface area contributed by atoms with Crippen LogP contribution in [0.15, 0.2) is 60.8 Å². The van der Waals surface area contributed by atoms with Gasteiger partial charge in [-0.25, -0.2) is 9.18 Å². The highest BCUT2D eigenvalue weighted by Crippen LogP contribution is 2.23.